The van der Waals surface area contributed by atoms with E-state index in [0.717, 1.165) is 0 Å². The second-order valence-corrected chi connectivity index (χ2v) is 2.55. The molecule has 0 saturated heterocycles. The summed E-state index contributed by atoms with van der Waals surface area (Å²) in [5.41, 5.74) is 0. The van der Waals surface area contributed by atoms with Crippen LogP contribution in [0.2, 0.25) is 0 Å². The number of nitrogens with two attached hydrogens (primary N) is 1. The Morgan fingerprint density at radius 1 is 1.44 bits per heavy atom. The van der Waals surface area contributed by atoms with E-state index in [1.54, 1.807) is 24.5 Å². The van der Waals surface area contributed by atoms with Crippen molar-refractivity contribution in [3.63, 3.8) is 0 Å². The van der Waals surface area contributed by atoms with Crippen LogP contribution < -0.4 is 5.14 Å². The maximum absolute atomic E-state index is 10.5. The van der Waals surface area contributed by atoms with Crippen molar-refractivity contribution in [3.05, 3.63) is 24.5 Å². The van der Waals surface area contributed by atoms with Gasteiger partial charge in [0.1, 0.15) is 11.0 Å². The van der Waals surface area contributed by atoms with Crippen LogP contribution in [-0.4, -0.2) is 9.19 Å². The summed E-state index contributed by atoms with van der Waals surface area (Å²) < 4.78 is 10.5. The Morgan fingerprint density at radius 3 is 2.33 bits per heavy atom. The zero-order chi connectivity index (χ0) is 6.69. The largest absolute Gasteiger partial charge is 0.265 e. The normalized spacial score (nSPS) is 13.0. The molecular formula is C5H6N2OS. The lowest BCUT2D eigenvalue weighted by molar-refractivity contribution is 0.684. The van der Waals surface area contributed by atoms with Crippen molar-refractivity contribution in [1.29, 1.82) is 0 Å². The van der Waals surface area contributed by atoms with Gasteiger partial charge in [0, 0.05) is 12.4 Å². The van der Waals surface area contributed by atoms with E-state index in [4.69, 9.17) is 5.14 Å². The first kappa shape index (κ1) is 6.38. The van der Waals surface area contributed by atoms with E-state index in [-0.39, 0.29) is 0 Å². The maximum Gasteiger partial charge on any atom is 0.122 e. The Balaban J connectivity index is 2.98. The minimum Gasteiger partial charge on any atom is -0.265 e. The number of hydrogen-bond acceptors (Lipinski definition) is 2. The molecule has 1 aromatic rings. The Morgan fingerprint density at radius 2 is 2.00 bits per heavy atom. The van der Waals surface area contributed by atoms with Crippen molar-refractivity contribution < 1.29 is 4.21 Å². The Hall–Kier alpha value is -0.740. The van der Waals surface area contributed by atoms with Crippen molar-refractivity contribution in [2.45, 2.75) is 4.90 Å². The third kappa shape index (κ3) is 1.58. The highest BCUT2D eigenvalue weighted by molar-refractivity contribution is 7.82. The Labute approximate surface area is 55.5 Å². The minimum atomic E-state index is -1.37. The molecule has 1 rings (SSSR count). The average Bonchev–Trinajstić information content (AvgIpc) is 1.90. The van der Waals surface area contributed by atoms with Crippen LogP contribution in [0.5, 0.6) is 0 Å². The first-order valence-corrected chi connectivity index (χ1v) is 3.58. The fraction of sp³-hybridized carbons (Fsp3) is 0. The predicted octanol–water partition coefficient (Wildman–Crippen LogP) is 0.0629. The summed E-state index contributed by atoms with van der Waals surface area (Å²) in [6.45, 7) is 0. The smallest absolute Gasteiger partial charge is 0.122 e. The van der Waals surface area contributed by atoms with Crippen molar-refractivity contribution >= 4 is 11.0 Å². The summed E-state index contributed by atoms with van der Waals surface area (Å²) in [6, 6.07) is 3.24. The molecule has 0 saturated carbocycles. The summed E-state index contributed by atoms with van der Waals surface area (Å²) in [5.74, 6) is 0. The number of nitrogens with zero attached hydrogens (tertiary/aromatic N) is 1. The first-order chi connectivity index (χ1) is 4.30. The molecule has 0 aromatic carbocycles. The number of hydrogen-bond donors (Lipinski definition) is 1. The molecule has 0 amide bonds. The van der Waals surface area contributed by atoms with E-state index in [0.29, 0.717) is 4.90 Å². The van der Waals surface area contributed by atoms with Gasteiger partial charge in [0.15, 0.2) is 0 Å². The highest BCUT2D eigenvalue weighted by Gasteiger charge is 1.92. The minimum absolute atomic E-state index is 0.602. The molecule has 0 bridgehead atoms. The highest BCUT2D eigenvalue weighted by atomic mass is 32.2. The lowest BCUT2D eigenvalue weighted by atomic mass is 10.5. The molecule has 0 aliphatic carbocycles. The van der Waals surface area contributed by atoms with Crippen molar-refractivity contribution in [1.82, 2.24) is 4.98 Å². The van der Waals surface area contributed by atoms with Crippen LogP contribution in [0.4, 0.5) is 0 Å². The first-order valence-electron chi connectivity index (χ1n) is 2.37. The molecule has 9 heavy (non-hydrogen) atoms. The summed E-state index contributed by atoms with van der Waals surface area (Å²) in [5, 5.41) is 5.06. The van der Waals surface area contributed by atoms with Gasteiger partial charge in [-0.3, -0.25) is 4.98 Å². The van der Waals surface area contributed by atoms with E-state index in [9.17, 15) is 4.21 Å². The van der Waals surface area contributed by atoms with Gasteiger partial charge in [-0.15, -0.1) is 0 Å². The molecule has 48 valence electrons. The van der Waals surface area contributed by atoms with Gasteiger partial charge >= 0.3 is 0 Å². The molecular weight excluding hydrogens is 136 g/mol. The predicted molar refractivity (Wildman–Crippen MR) is 34.8 cm³/mol. The van der Waals surface area contributed by atoms with Crippen molar-refractivity contribution in [3.8, 4) is 0 Å². The molecule has 3 nitrogen and oxygen atoms in total. The lowest BCUT2D eigenvalue weighted by Crippen LogP contribution is -2.01. The molecule has 1 heterocycles. The third-order valence-electron chi connectivity index (χ3n) is 0.882. The van der Waals surface area contributed by atoms with Crippen LogP contribution in [0, 0.1) is 0 Å². The number of rotatable bonds is 1. The standard InChI is InChI=1S/C5H6N2OS/c6-9(8)5-1-3-7-4-2-5/h1-4H,6H2. The van der Waals surface area contributed by atoms with Gasteiger partial charge in [-0.1, -0.05) is 0 Å². The molecule has 1 atom stereocenters. The Bertz CT molecular complexity index is 211. The lowest BCUT2D eigenvalue weighted by Gasteiger charge is -1.89. The van der Waals surface area contributed by atoms with E-state index >= 15 is 0 Å². The second-order valence-electron chi connectivity index (χ2n) is 1.48. The molecule has 4 heteroatoms. The van der Waals surface area contributed by atoms with Gasteiger partial charge in [-0.05, 0) is 12.1 Å². The van der Waals surface area contributed by atoms with E-state index < -0.39 is 11.0 Å². The van der Waals surface area contributed by atoms with Crippen LogP contribution in [0.1, 0.15) is 0 Å². The Kier molecular flexibility index (Phi) is 1.92. The van der Waals surface area contributed by atoms with Crippen LogP contribution in [-0.2, 0) is 11.0 Å². The maximum atomic E-state index is 10.5. The molecule has 0 aliphatic rings. The average molecular weight is 142 g/mol. The molecule has 2 N–H and O–H groups in total. The molecule has 1 unspecified atom stereocenters. The van der Waals surface area contributed by atoms with Gasteiger partial charge < -0.3 is 0 Å². The van der Waals surface area contributed by atoms with Gasteiger partial charge in [0.2, 0.25) is 0 Å². The molecule has 0 fully saturated rings. The molecule has 1 aromatic heterocycles. The second kappa shape index (κ2) is 2.70. The van der Waals surface area contributed by atoms with E-state index in [2.05, 4.69) is 4.98 Å². The summed E-state index contributed by atoms with van der Waals surface area (Å²) in [7, 11) is -1.37. The summed E-state index contributed by atoms with van der Waals surface area (Å²) >= 11 is 0. The molecule has 0 spiro atoms. The molecule has 0 aliphatic heterocycles. The van der Waals surface area contributed by atoms with Gasteiger partial charge in [0.25, 0.3) is 0 Å². The monoisotopic (exact) mass is 142 g/mol. The van der Waals surface area contributed by atoms with Crippen molar-refractivity contribution in [2.75, 3.05) is 0 Å². The quantitative estimate of drug-likeness (QED) is 0.603. The fourth-order valence-corrected chi connectivity index (χ4v) is 0.862. The third-order valence-corrected chi connectivity index (χ3v) is 1.62. The van der Waals surface area contributed by atoms with Gasteiger partial charge in [-0.25, -0.2) is 9.35 Å². The zero-order valence-electron chi connectivity index (χ0n) is 4.65. The van der Waals surface area contributed by atoms with E-state index in [1.807, 2.05) is 0 Å². The number of aromatic nitrogens is 1. The fourth-order valence-electron chi connectivity index (χ4n) is 0.472. The SMILES string of the molecule is NS(=O)c1ccncc1. The van der Waals surface area contributed by atoms with Gasteiger partial charge in [-0.2, -0.15) is 0 Å². The van der Waals surface area contributed by atoms with Crippen LogP contribution in [0.3, 0.4) is 0 Å². The van der Waals surface area contributed by atoms with Crippen LogP contribution in [0.25, 0.3) is 0 Å². The summed E-state index contributed by atoms with van der Waals surface area (Å²) in [4.78, 5) is 4.34. The van der Waals surface area contributed by atoms with Gasteiger partial charge in [0.05, 0.1) is 4.90 Å². The van der Waals surface area contributed by atoms with Crippen LogP contribution in [0.15, 0.2) is 29.4 Å². The molecule has 0 radical (unpaired) electrons. The van der Waals surface area contributed by atoms with Crippen LogP contribution >= 0.6 is 0 Å². The van der Waals surface area contributed by atoms with E-state index in [1.165, 1.54) is 0 Å². The number of pyridine rings is 1. The highest BCUT2D eigenvalue weighted by Crippen LogP contribution is 1.96. The zero-order valence-corrected chi connectivity index (χ0v) is 5.47. The topological polar surface area (TPSA) is 56.0 Å². The summed E-state index contributed by atoms with van der Waals surface area (Å²) in [6.07, 6.45) is 3.11. The van der Waals surface area contributed by atoms with Crippen molar-refractivity contribution in [2.24, 2.45) is 5.14 Å².